The van der Waals surface area contributed by atoms with E-state index in [1.54, 1.807) is 55.9 Å². The highest BCUT2D eigenvalue weighted by atomic mass is 35.5. The van der Waals surface area contributed by atoms with Crippen molar-refractivity contribution in [2.24, 2.45) is 0 Å². The Bertz CT molecular complexity index is 1100. The Morgan fingerprint density at radius 3 is 2.46 bits per heavy atom. The van der Waals surface area contributed by atoms with Crippen LogP contribution in [0.4, 0.5) is 0 Å². The normalized spacial score (nSPS) is 16.3. The Morgan fingerprint density at radius 1 is 1.09 bits per heavy atom. The van der Waals surface area contributed by atoms with E-state index in [-0.39, 0.29) is 5.97 Å². The van der Waals surface area contributed by atoms with Crippen molar-refractivity contribution in [2.75, 3.05) is 26.7 Å². The van der Waals surface area contributed by atoms with E-state index >= 15 is 0 Å². The zero-order valence-electron chi connectivity index (χ0n) is 19.6. The molecular weight excluding hydrogens is 468 g/mol. The van der Waals surface area contributed by atoms with E-state index in [0.29, 0.717) is 61.0 Å². The monoisotopic (exact) mass is 496 g/mol. The maximum absolute atomic E-state index is 13.0. The SMILES string of the molecule is COc1ccccc1O[C@H](O)CCN1CCC(OC(=O)c2ccc(Cl)cc2)(c2cccnc2)CC1. The second-order valence-corrected chi connectivity index (χ2v) is 8.92. The third-order valence-electron chi connectivity index (χ3n) is 6.24. The van der Waals surface area contributed by atoms with Gasteiger partial charge in [-0.05, 0) is 42.5 Å². The van der Waals surface area contributed by atoms with Gasteiger partial charge in [-0.15, -0.1) is 0 Å². The highest BCUT2D eigenvalue weighted by Crippen LogP contribution is 2.37. The molecule has 35 heavy (non-hydrogen) atoms. The van der Waals surface area contributed by atoms with Crippen LogP contribution in [0.5, 0.6) is 11.5 Å². The first-order valence-electron chi connectivity index (χ1n) is 11.6. The summed E-state index contributed by atoms with van der Waals surface area (Å²) in [6.45, 7) is 2.04. The molecule has 0 unspecified atom stereocenters. The Morgan fingerprint density at radius 2 is 1.80 bits per heavy atom. The number of likely N-dealkylation sites (tertiary alicyclic amines) is 1. The van der Waals surface area contributed by atoms with Gasteiger partial charge in [-0.25, -0.2) is 4.79 Å². The van der Waals surface area contributed by atoms with E-state index in [1.807, 2.05) is 24.3 Å². The minimum absolute atomic E-state index is 0.389. The number of pyridine rings is 1. The number of ether oxygens (including phenoxy) is 3. The standard InChI is InChI=1S/C27H29ClN2O5/c1-33-23-6-2-3-7-24(23)34-25(31)12-16-30-17-13-27(14-18-30,21-5-4-15-29-19-21)35-26(32)20-8-10-22(28)11-9-20/h2-11,15,19,25,31H,12-14,16-18H2,1H3/t25-/m0/s1. The number of aromatic nitrogens is 1. The van der Waals surface area contributed by atoms with Gasteiger partial charge in [0.1, 0.15) is 5.60 Å². The van der Waals surface area contributed by atoms with Crippen molar-refractivity contribution < 1.29 is 24.1 Å². The molecule has 0 radical (unpaired) electrons. The highest BCUT2D eigenvalue weighted by Gasteiger charge is 2.40. The summed E-state index contributed by atoms with van der Waals surface area (Å²) in [6, 6.07) is 17.7. The van der Waals surface area contributed by atoms with Gasteiger partial charge in [0.15, 0.2) is 17.8 Å². The molecule has 0 amide bonds. The van der Waals surface area contributed by atoms with Crippen molar-refractivity contribution in [2.45, 2.75) is 31.2 Å². The minimum Gasteiger partial charge on any atom is -0.493 e. The number of esters is 1. The van der Waals surface area contributed by atoms with Crippen LogP contribution in [-0.4, -0.2) is 54.0 Å². The van der Waals surface area contributed by atoms with Gasteiger partial charge in [0, 0.05) is 61.9 Å². The number of halogens is 1. The van der Waals surface area contributed by atoms with E-state index in [4.69, 9.17) is 25.8 Å². The lowest BCUT2D eigenvalue weighted by Gasteiger charge is -2.41. The molecule has 3 aromatic rings. The predicted octanol–water partition coefficient (Wildman–Crippen LogP) is 4.68. The van der Waals surface area contributed by atoms with Crippen LogP contribution in [0.3, 0.4) is 0 Å². The average molecular weight is 497 g/mol. The van der Waals surface area contributed by atoms with Gasteiger partial charge in [-0.1, -0.05) is 29.8 Å². The molecule has 1 atom stereocenters. The first-order chi connectivity index (χ1) is 17.0. The smallest absolute Gasteiger partial charge is 0.339 e. The molecule has 1 aliphatic rings. The third kappa shape index (κ3) is 6.31. The summed E-state index contributed by atoms with van der Waals surface area (Å²) in [7, 11) is 1.57. The van der Waals surface area contributed by atoms with Crippen molar-refractivity contribution in [1.29, 1.82) is 0 Å². The second kappa shape index (κ2) is 11.5. The zero-order chi connectivity index (χ0) is 24.7. The first-order valence-corrected chi connectivity index (χ1v) is 12.0. The number of para-hydroxylation sites is 2. The van der Waals surface area contributed by atoms with Crippen LogP contribution in [0.1, 0.15) is 35.2 Å². The number of nitrogens with zero attached hydrogens (tertiary/aromatic N) is 2. The quantitative estimate of drug-likeness (QED) is 0.340. The van der Waals surface area contributed by atoms with E-state index in [1.165, 1.54) is 0 Å². The number of carbonyl (C=O) groups excluding carboxylic acids is 1. The predicted molar refractivity (Wildman–Crippen MR) is 133 cm³/mol. The van der Waals surface area contributed by atoms with E-state index in [9.17, 15) is 9.90 Å². The lowest BCUT2D eigenvalue weighted by Crippen LogP contribution is -2.46. The number of benzene rings is 2. The molecule has 0 spiro atoms. The first kappa shape index (κ1) is 25.0. The zero-order valence-corrected chi connectivity index (χ0v) is 20.4. The van der Waals surface area contributed by atoms with Crippen molar-refractivity contribution in [3.63, 3.8) is 0 Å². The molecule has 1 aliphatic heterocycles. The van der Waals surface area contributed by atoms with Crippen LogP contribution in [0.25, 0.3) is 0 Å². The Hall–Kier alpha value is -3.13. The molecule has 8 heteroatoms. The third-order valence-corrected chi connectivity index (χ3v) is 6.50. The second-order valence-electron chi connectivity index (χ2n) is 8.49. The van der Waals surface area contributed by atoms with Crippen molar-refractivity contribution in [3.05, 3.63) is 89.2 Å². The maximum atomic E-state index is 13.0. The molecule has 4 rings (SSSR count). The molecule has 1 N–H and O–H groups in total. The summed E-state index contributed by atoms with van der Waals surface area (Å²) in [5, 5.41) is 11.0. The van der Waals surface area contributed by atoms with Crippen LogP contribution in [-0.2, 0) is 10.3 Å². The van der Waals surface area contributed by atoms with Gasteiger partial charge >= 0.3 is 5.97 Å². The van der Waals surface area contributed by atoms with Crippen LogP contribution in [0.15, 0.2) is 73.1 Å². The fourth-order valence-corrected chi connectivity index (χ4v) is 4.38. The fourth-order valence-electron chi connectivity index (χ4n) is 4.26. The van der Waals surface area contributed by atoms with Gasteiger partial charge < -0.3 is 24.2 Å². The molecule has 0 saturated carbocycles. The van der Waals surface area contributed by atoms with Crippen molar-refractivity contribution >= 4 is 17.6 Å². The van der Waals surface area contributed by atoms with Crippen molar-refractivity contribution in [3.8, 4) is 11.5 Å². The number of hydrogen-bond acceptors (Lipinski definition) is 7. The minimum atomic E-state index is -0.959. The summed E-state index contributed by atoms with van der Waals surface area (Å²) in [6.07, 6.45) is 4.16. The average Bonchev–Trinajstić information content (AvgIpc) is 2.89. The number of aliphatic hydroxyl groups is 1. The molecule has 184 valence electrons. The number of piperidine rings is 1. The van der Waals surface area contributed by atoms with Gasteiger partial charge in [0.05, 0.1) is 12.7 Å². The molecule has 1 aromatic heterocycles. The number of methoxy groups -OCH3 is 1. The number of rotatable bonds is 9. The molecule has 0 aliphatic carbocycles. The highest BCUT2D eigenvalue weighted by molar-refractivity contribution is 6.30. The largest absolute Gasteiger partial charge is 0.493 e. The van der Waals surface area contributed by atoms with E-state index in [0.717, 1.165) is 5.56 Å². The Kier molecular flexibility index (Phi) is 8.23. The van der Waals surface area contributed by atoms with E-state index < -0.39 is 11.9 Å². The fraction of sp³-hybridized carbons (Fsp3) is 0.333. The summed E-state index contributed by atoms with van der Waals surface area (Å²) >= 11 is 5.96. The lowest BCUT2D eigenvalue weighted by molar-refractivity contribution is -0.0633. The van der Waals surface area contributed by atoms with Crippen LogP contribution >= 0.6 is 11.6 Å². The van der Waals surface area contributed by atoms with Crippen LogP contribution < -0.4 is 9.47 Å². The summed E-state index contributed by atoms with van der Waals surface area (Å²) in [5.41, 5.74) is 0.562. The number of hydrogen-bond donors (Lipinski definition) is 1. The Balaban J connectivity index is 1.37. The summed E-state index contributed by atoms with van der Waals surface area (Å²) < 4.78 is 17.1. The molecule has 7 nitrogen and oxygen atoms in total. The van der Waals surface area contributed by atoms with E-state index in [2.05, 4.69) is 9.88 Å². The molecule has 1 fully saturated rings. The molecule has 0 bridgehead atoms. The van der Waals surface area contributed by atoms with Gasteiger partial charge in [-0.3, -0.25) is 4.98 Å². The maximum Gasteiger partial charge on any atom is 0.339 e. The van der Waals surface area contributed by atoms with Crippen molar-refractivity contribution in [1.82, 2.24) is 9.88 Å². The number of aliphatic hydroxyl groups excluding tert-OH is 1. The molecule has 1 saturated heterocycles. The van der Waals surface area contributed by atoms with Gasteiger partial charge in [0.2, 0.25) is 0 Å². The van der Waals surface area contributed by atoms with Crippen LogP contribution in [0.2, 0.25) is 5.02 Å². The molecule has 2 aromatic carbocycles. The summed E-state index contributed by atoms with van der Waals surface area (Å²) in [5.74, 6) is 0.693. The van der Waals surface area contributed by atoms with Crippen LogP contribution in [0, 0.1) is 0 Å². The molecular formula is C27H29ClN2O5. The summed E-state index contributed by atoms with van der Waals surface area (Å²) in [4.78, 5) is 19.4. The number of carbonyl (C=O) groups is 1. The topological polar surface area (TPSA) is 81.1 Å². The van der Waals surface area contributed by atoms with Gasteiger partial charge in [-0.2, -0.15) is 0 Å². The lowest BCUT2D eigenvalue weighted by atomic mass is 9.84. The Labute approximate surface area is 210 Å². The van der Waals surface area contributed by atoms with Gasteiger partial charge in [0.25, 0.3) is 0 Å². The molecule has 2 heterocycles.